The van der Waals surface area contributed by atoms with Gasteiger partial charge in [0.05, 0.1) is 0 Å². The number of benzene rings is 2. The molecule has 426 valence electrons. The summed E-state index contributed by atoms with van der Waals surface area (Å²) in [4.78, 5) is 140. The van der Waals surface area contributed by atoms with Crippen molar-refractivity contribution in [1.82, 2.24) is 40.4 Å². The van der Waals surface area contributed by atoms with Gasteiger partial charge in [-0.3, -0.25) is 38.4 Å². The molecule has 2 fully saturated rings. The number of rotatable bonds is 12. The van der Waals surface area contributed by atoms with E-state index in [4.69, 9.17) is 4.74 Å². The van der Waals surface area contributed by atoms with Crippen LogP contribution in [0.1, 0.15) is 120 Å². The fraction of sp³-hybridized carbons (Fsp3) is 0.644. The summed E-state index contributed by atoms with van der Waals surface area (Å²) in [7, 11) is 5.90. The lowest BCUT2D eigenvalue weighted by molar-refractivity contribution is -0.172. The van der Waals surface area contributed by atoms with Crippen LogP contribution >= 0.6 is 0 Å². The highest BCUT2D eigenvalue weighted by Crippen LogP contribution is 2.26. The first-order chi connectivity index (χ1) is 36.1. The number of hydrogen-bond donors (Lipinski definition) is 3. The molecule has 2 aliphatic rings. The average Bonchev–Trinajstić information content (AvgIpc) is 3.88. The first-order valence-corrected chi connectivity index (χ1v) is 27.7. The van der Waals surface area contributed by atoms with Gasteiger partial charge in [0, 0.05) is 53.5 Å². The summed E-state index contributed by atoms with van der Waals surface area (Å²) >= 11 is 0. The molecule has 2 aromatic rings. The highest BCUT2D eigenvalue weighted by molar-refractivity contribution is 5.99. The standard InChI is InChI=1S/C59H90N8O10/c1-17-39(12)50-58(75)65(15)48(37(8)9)53(70)61-43(32-40-25-20-18-21-26-40)54(71)63(13)45(33-41-27-22-19-23-28-41)56(73)67-30-24-29-44(67)51(68)62-46(35(4)5)57(74)64(14)47(36(6)7)52(69)60-42(31-34(2)3)55(72)66(16)49(38(10)11)59(76)77-50/h18-23,25-28,34-39,42-50H,17,24,29-33H2,1-16H3,(H,60,69)(H,61,70)(H,62,68)/t39-,42-,43-,44-,45-,46-,47-,48-,49-,50-/m0/s1. The summed E-state index contributed by atoms with van der Waals surface area (Å²) in [5.41, 5.74) is 1.45. The molecule has 4 rings (SSSR count). The van der Waals surface area contributed by atoms with E-state index in [9.17, 15) is 33.6 Å². The van der Waals surface area contributed by atoms with E-state index in [2.05, 4.69) is 16.0 Å². The van der Waals surface area contributed by atoms with Gasteiger partial charge in [-0.2, -0.15) is 0 Å². The van der Waals surface area contributed by atoms with Crippen LogP contribution in [0.5, 0.6) is 0 Å². The normalized spacial score (nSPS) is 26.4. The van der Waals surface area contributed by atoms with Gasteiger partial charge in [-0.25, -0.2) is 4.79 Å². The van der Waals surface area contributed by atoms with Crippen LogP contribution in [0.25, 0.3) is 0 Å². The van der Waals surface area contributed by atoms with E-state index in [0.717, 1.165) is 5.56 Å². The minimum absolute atomic E-state index is 0.0189. The maximum Gasteiger partial charge on any atom is 0.329 e. The van der Waals surface area contributed by atoms with Crippen molar-refractivity contribution in [2.24, 2.45) is 35.5 Å². The third-order valence-electron chi connectivity index (χ3n) is 15.3. The van der Waals surface area contributed by atoms with Crippen LogP contribution in [0.3, 0.4) is 0 Å². The zero-order valence-corrected chi connectivity index (χ0v) is 48.7. The maximum atomic E-state index is 15.2. The number of carbonyl (C=O) groups is 9. The molecule has 77 heavy (non-hydrogen) atoms. The Morgan fingerprint density at radius 1 is 0.519 bits per heavy atom. The minimum atomic E-state index is -1.40. The Morgan fingerprint density at radius 3 is 1.47 bits per heavy atom. The van der Waals surface area contributed by atoms with E-state index in [-0.39, 0.29) is 38.1 Å². The molecule has 3 N–H and O–H groups in total. The molecule has 0 radical (unpaired) electrons. The number of esters is 1. The van der Waals surface area contributed by atoms with E-state index in [1.807, 2.05) is 81.4 Å². The maximum absolute atomic E-state index is 15.2. The van der Waals surface area contributed by atoms with Crippen molar-refractivity contribution >= 4 is 53.2 Å². The minimum Gasteiger partial charge on any atom is -0.450 e. The van der Waals surface area contributed by atoms with E-state index in [1.54, 1.807) is 62.3 Å². The molecule has 2 saturated heterocycles. The molecule has 0 unspecified atom stereocenters. The predicted octanol–water partition coefficient (Wildman–Crippen LogP) is 4.87. The lowest BCUT2D eigenvalue weighted by Crippen LogP contribution is -2.62. The first-order valence-electron chi connectivity index (χ1n) is 27.7. The number of hydrogen-bond acceptors (Lipinski definition) is 10. The number of likely N-dealkylation sites (N-methyl/N-ethyl adjacent to an activating group) is 4. The number of nitrogens with zero attached hydrogens (tertiary/aromatic N) is 5. The number of nitrogens with one attached hydrogen (secondary N) is 3. The molecular formula is C59H90N8O10. The number of carbonyl (C=O) groups excluding carboxylic acids is 9. The van der Waals surface area contributed by atoms with E-state index in [0.29, 0.717) is 18.4 Å². The van der Waals surface area contributed by atoms with Gasteiger partial charge in [0.1, 0.15) is 48.3 Å². The van der Waals surface area contributed by atoms with Gasteiger partial charge in [0.2, 0.25) is 41.4 Å². The van der Waals surface area contributed by atoms with Crippen LogP contribution in [-0.4, -0.2) is 167 Å². The fourth-order valence-electron chi connectivity index (χ4n) is 10.8. The third kappa shape index (κ3) is 15.9. The number of ether oxygens (including phenoxy) is 1. The van der Waals surface area contributed by atoms with Crippen molar-refractivity contribution in [3.63, 3.8) is 0 Å². The molecule has 0 aliphatic carbocycles. The topological polar surface area (TPSA) is 215 Å². The zero-order valence-electron chi connectivity index (χ0n) is 48.7. The highest BCUT2D eigenvalue weighted by atomic mass is 16.6. The summed E-state index contributed by atoms with van der Waals surface area (Å²) in [6, 6.07) is 9.04. The molecular weight excluding hydrogens is 981 g/mol. The Bertz CT molecular complexity index is 2360. The quantitative estimate of drug-likeness (QED) is 0.246. The Labute approximate surface area is 458 Å². The summed E-state index contributed by atoms with van der Waals surface area (Å²) in [6.45, 7) is 21.7. The van der Waals surface area contributed by atoms with Crippen molar-refractivity contribution in [3.8, 4) is 0 Å². The SMILES string of the molecule is CC[C@H](C)[C@@H]1OC(=O)[C@H](C(C)C)N(C)C(=O)[C@H](CC(C)C)NC(=O)[C@H](C(C)C)N(C)C(=O)[C@H](C(C)C)NC(=O)[C@@H]2CCCN2C(=O)[C@H](Cc2ccccc2)N(C)C(=O)[C@H](Cc2ccccc2)NC(=O)[C@H](C(C)C)N(C)C1=O. The van der Waals surface area contributed by atoms with Crippen LogP contribution in [-0.2, 0) is 60.7 Å². The number of amides is 8. The third-order valence-corrected chi connectivity index (χ3v) is 15.3. The summed E-state index contributed by atoms with van der Waals surface area (Å²) in [6.07, 6.45) is 0.00497. The first kappa shape index (κ1) is 63.2. The number of cyclic esters (lactones) is 1. The second kappa shape index (κ2) is 28.3. The van der Waals surface area contributed by atoms with Gasteiger partial charge in [-0.1, -0.05) is 144 Å². The summed E-state index contributed by atoms with van der Waals surface area (Å²) < 4.78 is 6.18. The van der Waals surface area contributed by atoms with E-state index < -0.39 is 137 Å². The lowest BCUT2D eigenvalue weighted by Gasteiger charge is -2.38. The molecule has 0 spiro atoms. The molecule has 10 atom stereocenters. The second-order valence-corrected chi connectivity index (χ2v) is 23.2. The van der Waals surface area contributed by atoms with Crippen LogP contribution in [0.2, 0.25) is 0 Å². The molecule has 0 aromatic heterocycles. The molecule has 0 bridgehead atoms. The van der Waals surface area contributed by atoms with Crippen LogP contribution in [0.15, 0.2) is 60.7 Å². The Hall–Kier alpha value is -6.33. The molecule has 2 aliphatic heterocycles. The molecule has 0 saturated carbocycles. The van der Waals surface area contributed by atoms with Crippen molar-refractivity contribution in [2.45, 2.75) is 176 Å². The Balaban J connectivity index is 1.95. The van der Waals surface area contributed by atoms with Gasteiger partial charge in [-0.05, 0) is 66.4 Å². The largest absolute Gasteiger partial charge is 0.450 e. The molecule has 18 nitrogen and oxygen atoms in total. The molecule has 8 amide bonds. The van der Waals surface area contributed by atoms with Gasteiger partial charge < -0.3 is 45.2 Å². The smallest absolute Gasteiger partial charge is 0.329 e. The number of fused-ring (bicyclic) bond motifs is 1. The highest BCUT2D eigenvalue weighted by Gasteiger charge is 2.46. The van der Waals surface area contributed by atoms with Crippen molar-refractivity contribution in [1.29, 1.82) is 0 Å². The molecule has 18 heteroatoms. The molecule has 2 heterocycles. The predicted molar refractivity (Wildman–Crippen MR) is 295 cm³/mol. The Kier molecular flexibility index (Phi) is 23.3. The summed E-state index contributed by atoms with van der Waals surface area (Å²) in [5.74, 6) is -8.27. The van der Waals surface area contributed by atoms with Gasteiger partial charge in [-0.15, -0.1) is 0 Å². The van der Waals surface area contributed by atoms with Crippen LogP contribution in [0, 0.1) is 35.5 Å². The second-order valence-electron chi connectivity index (χ2n) is 23.2. The van der Waals surface area contributed by atoms with Gasteiger partial charge >= 0.3 is 5.97 Å². The van der Waals surface area contributed by atoms with Crippen LogP contribution in [0.4, 0.5) is 0 Å². The molecule has 2 aromatic carbocycles. The zero-order chi connectivity index (χ0) is 57.7. The average molecular weight is 1070 g/mol. The van der Waals surface area contributed by atoms with Crippen molar-refractivity contribution in [2.75, 3.05) is 34.7 Å². The van der Waals surface area contributed by atoms with E-state index in [1.165, 1.54) is 52.7 Å². The van der Waals surface area contributed by atoms with Gasteiger partial charge in [0.15, 0.2) is 6.10 Å². The van der Waals surface area contributed by atoms with Crippen molar-refractivity contribution < 1.29 is 47.9 Å². The summed E-state index contributed by atoms with van der Waals surface area (Å²) in [5, 5.41) is 8.83. The monoisotopic (exact) mass is 1070 g/mol. The Morgan fingerprint density at radius 2 is 0.987 bits per heavy atom. The van der Waals surface area contributed by atoms with Gasteiger partial charge in [0.25, 0.3) is 5.91 Å². The van der Waals surface area contributed by atoms with Crippen molar-refractivity contribution in [3.05, 3.63) is 71.8 Å². The fourth-order valence-corrected chi connectivity index (χ4v) is 10.8. The van der Waals surface area contributed by atoms with E-state index >= 15 is 9.59 Å². The lowest BCUT2D eigenvalue weighted by atomic mass is 9.95. The van der Waals surface area contributed by atoms with Crippen LogP contribution < -0.4 is 16.0 Å².